The molecule has 0 aliphatic carbocycles. The van der Waals surface area contributed by atoms with Crippen LogP contribution in [-0.2, 0) is 0 Å². The minimum absolute atomic E-state index is 0.311. The lowest BCUT2D eigenvalue weighted by molar-refractivity contribution is 0.109. The summed E-state index contributed by atoms with van der Waals surface area (Å²) in [5.41, 5.74) is 0. The molecule has 0 spiro atoms. The minimum atomic E-state index is 0.311. The number of furan rings is 1. The Morgan fingerprint density at radius 3 is 3.00 bits per heavy atom. The van der Waals surface area contributed by atoms with Gasteiger partial charge in [0.25, 0.3) is 5.95 Å². The molecule has 3 nitrogen and oxygen atoms in total. The maximum Gasteiger partial charge on any atom is 0.284 e. The van der Waals surface area contributed by atoms with Gasteiger partial charge in [0.2, 0.25) is 0 Å². The zero-order valence-corrected chi connectivity index (χ0v) is 5.54. The van der Waals surface area contributed by atoms with Gasteiger partial charge in [-0.25, -0.2) is 0 Å². The zero-order valence-electron chi connectivity index (χ0n) is 5.54. The third-order valence-corrected chi connectivity index (χ3v) is 1.52. The van der Waals surface area contributed by atoms with Crippen LogP contribution >= 0.6 is 0 Å². The Kier molecular flexibility index (Phi) is 1.36. The molecule has 0 radical (unpaired) electrons. The van der Waals surface area contributed by atoms with Gasteiger partial charge in [-0.3, -0.25) is 0 Å². The molecule has 0 saturated carbocycles. The maximum absolute atomic E-state index is 5.36. The van der Waals surface area contributed by atoms with Gasteiger partial charge in [-0.1, -0.05) is 0 Å². The van der Waals surface area contributed by atoms with Crippen LogP contribution in [0.1, 0.15) is 0 Å². The van der Waals surface area contributed by atoms with E-state index >= 15 is 0 Å². The van der Waals surface area contributed by atoms with Crippen molar-refractivity contribution < 1.29 is 9.15 Å². The zero-order chi connectivity index (χ0) is 6.81. The van der Waals surface area contributed by atoms with Gasteiger partial charge in [0.1, 0.15) is 6.10 Å². The molecule has 2 rings (SSSR count). The summed E-state index contributed by atoms with van der Waals surface area (Å²) in [4.78, 5) is 0. The second kappa shape index (κ2) is 2.34. The van der Waals surface area contributed by atoms with Crippen LogP contribution in [0.4, 0.5) is 0 Å². The lowest BCUT2D eigenvalue weighted by Gasteiger charge is -2.26. The molecular formula is C7H9NO2. The van der Waals surface area contributed by atoms with Gasteiger partial charge in [0.05, 0.1) is 6.26 Å². The molecule has 0 unspecified atom stereocenters. The molecule has 3 heteroatoms. The molecule has 0 atom stereocenters. The van der Waals surface area contributed by atoms with Crippen LogP contribution in [0.5, 0.6) is 5.95 Å². The monoisotopic (exact) mass is 139 g/mol. The van der Waals surface area contributed by atoms with Crippen LogP contribution in [0.25, 0.3) is 0 Å². The molecule has 1 aromatic heterocycles. The van der Waals surface area contributed by atoms with Crippen molar-refractivity contribution in [3.63, 3.8) is 0 Å². The van der Waals surface area contributed by atoms with E-state index in [1.165, 1.54) is 0 Å². The predicted molar refractivity (Wildman–Crippen MR) is 36.0 cm³/mol. The molecule has 1 N–H and O–H groups in total. The lowest BCUT2D eigenvalue weighted by atomic mass is 10.2. The molecule has 1 aromatic rings. The standard InChI is InChI=1S/C7H9NO2/c1-2-7(9-3-1)10-6-4-8-5-6/h1-3,6,8H,4-5H2. The summed E-state index contributed by atoms with van der Waals surface area (Å²) in [5, 5.41) is 3.11. The normalized spacial score (nSPS) is 18.4. The second-order valence-corrected chi connectivity index (χ2v) is 2.33. The Labute approximate surface area is 59.0 Å². The van der Waals surface area contributed by atoms with Crippen molar-refractivity contribution in [1.29, 1.82) is 0 Å². The van der Waals surface area contributed by atoms with Crippen LogP contribution in [0.2, 0.25) is 0 Å². The van der Waals surface area contributed by atoms with Gasteiger partial charge < -0.3 is 14.5 Å². The summed E-state index contributed by atoms with van der Waals surface area (Å²) in [6.45, 7) is 1.86. The van der Waals surface area contributed by atoms with Crippen LogP contribution < -0.4 is 10.1 Å². The van der Waals surface area contributed by atoms with E-state index in [-0.39, 0.29) is 0 Å². The van der Waals surface area contributed by atoms with Crippen molar-refractivity contribution in [2.75, 3.05) is 13.1 Å². The van der Waals surface area contributed by atoms with E-state index in [1.807, 2.05) is 12.1 Å². The summed E-state index contributed by atoms with van der Waals surface area (Å²) in [6.07, 6.45) is 1.92. The fourth-order valence-corrected chi connectivity index (χ4v) is 0.840. The molecule has 0 bridgehead atoms. The van der Waals surface area contributed by atoms with Crippen LogP contribution in [0.15, 0.2) is 22.8 Å². The average molecular weight is 139 g/mol. The van der Waals surface area contributed by atoms with Gasteiger partial charge in [0.15, 0.2) is 0 Å². The molecule has 10 heavy (non-hydrogen) atoms. The highest BCUT2D eigenvalue weighted by Crippen LogP contribution is 2.13. The SMILES string of the molecule is c1coc(OC2CNC2)c1. The first-order valence-electron chi connectivity index (χ1n) is 3.36. The smallest absolute Gasteiger partial charge is 0.284 e. The number of nitrogens with one attached hydrogen (secondary N) is 1. The fourth-order valence-electron chi connectivity index (χ4n) is 0.840. The third kappa shape index (κ3) is 0.998. The Morgan fingerprint density at radius 1 is 1.60 bits per heavy atom. The summed E-state index contributed by atoms with van der Waals surface area (Å²) in [7, 11) is 0. The van der Waals surface area contributed by atoms with Crippen LogP contribution in [0.3, 0.4) is 0 Å². The number of hydrogen-bond acceptors (Lipinski definition) is 3. The average Bonchev–Trinajstić information content (AvgIpc) is 2.29. The van der Waals surface area contributed by atoms with Crippen molar-refractivity contribution in [2.24, 2.45) is 0 Å². The van der Waals surface area contributed by atoms with Crippen molar-refractivity contribution in [3.05, 3.63) is 18.4 Å². The molecule has 54 valence electrons. The number of ether oxygens (including phenoxy) is 1. The van der Waals surface area contributed by atoms with Crippen molar-refractivity contribution >= 4 is 0 Å². The molecule has 0 aromatic carbocycles. The fraction of sp³-hybridized carbons (Fsp3) is 0.429. The largest absolute Gasteiger partial charge is 0.459 e. The third-order valence-electron chi connectivity index (χ3n) is 1.52. The molecule has 1 saturated heterocycles. The molecular weight excluding hydrogens is 130 g/mol. The van der Waals surface area contributed by atoms with Crippen molar-refractivity contribution in [3.8, 4) is 5.95 Å². The highest BCUT2D eigenvalue weighted by atomic mass is 16.6. The summed E-state index contributed by atoms with van der Waals surface area (Å²) in [6, 6.07) is 3.64. The van der Waals surface area contributed by atoms with E-state index in [1.54, 1.807) is 6.26 Å². The first kappa shape index (κ1) is 5.80. The van der Waals surface area contributed by atoms with Gasteiger partial charge in [-0.15, -0.1) is 0 Å². The van der Waals surface area contributed by atoms with E-state index in [2.05, 4.69) is 5.32 Å². The Hall–Kier alpha value is -0.960. The van der Waals surface area contributed by atoms with E-state index < -0.39 is 0 Å². The topological polar surface area (TPSA) is 34.4 Å². The number of hydrogen-bond donors (Lipinski definition) is 1. The quantitative estimate of drug-likeness (QED) is 0.652. The molecule has 1 aliphatic rings. The lowest BCUT2D eigenvalue weighted by Crippen LogP contribution is -2.50. The van der Waals surface area contributed by atoms with E-state index in [0.717, 1.165) is 13.1 Å². The van der Waals surface area contributed by atoms with E-state index in [9.17, 15) is 0 Å². The summed E-state index contributed by atoms with van der Waals surface area (Å²) >= 11 is 0. The Morgan fingerprint density at radius 2 is 2.50 bits per heavy atom. The highest BCUT2D eigenvalue weighted by Gasteiger charge is 2.18. The van der Waals surface area contributed by atoms with Gasteiger partial charge in [0, 0.05) is 19.2 Å². The summed E-state index contributed by atoms with van der Waals surface area (Å²) < 4.78 is 10.4. The summed E-state index contributed by atoms with van der Waals surface area (Å²) in [5.74, 6) is 0.617. The highest BCUT2D eigenvalue weighted by molar-refractivity contribution is 5.05. The Bertz CT molecular complexity index is 191. The van der Waals surface area contributed by atoms with E-state index in [4.69, 9.17) is 9.15 Å². The van der Waals surface area contributed by atoms with Crippen LogP contribution in [0, 0.1) is 0 Å². The molecule has 1 fully saturated rings. The van der Waals surface area contributed by atoms with Crippen molar-refractivity contribution in [2.45, 2.75) is 6.10 Å². The Balaban J connectivity index is 1.90. The van der Waals surface area contributed by atoms with Gasteiger partial charge in [-0.05, 0) is 6.07 Å². The van der Waals surface area contributed by atoms with Gasteiger partial charge in [-0.2, -0.15) is 0 Å². The predicted octanol–water partition coefficient (Wildman–Crippen LogP) is 0.630. The van der Waals surface area contributed by atoms with Crippen molar-refractivity contribution in [1.82, 2.24) is 5.32 Å². The first-order valence-corrected chi connectivity index (χ1v) is 3.36. The maximum atomic E-state index is 5.36. The van der Waals surface area contributed by atoms with Crippen LogP contribution in [-0.4, -0.2) is 19.2 Å². The molecule has 0 amide bonds. The minimum Gasteiger partial charge on any atom is -0.459 e. The first-order chi connectivity index (χ1) is 4.95. The molecule has 1 aliphatic heterocycles. The second-order valence-electron chi connectivity index (χ2n) is 2.33. The van der Waals surface area contributed by atoms with Gasteiger partial charge >= 0.3 is 0 Å². The van der Waals surface area contributed by atoms with E-state index in [0.29, 0.717) is 12.1 Å². The molecule has 2 heterocycles. The number of rotatable bonds is 2.